The van der Waals surface area contributed by atoms with Crippen LogP contribution in [0.5, 0.6) is 0 Å². The highest BCUT2D eigenvalue weighted by Gasteiger charge is 2.34. The summed E-state index contributed by atoms with van der Waals surface area (Å²) in [5.41, 5.74) is 0.221. The summed E-state index contributed by atoms with van der Waals surface area (Å²) in [7, 11) is 0. The van der Waals surface area contributed by atoms with Gasteiger partial charge in [0, 0.05) is 29.7 Å². The molecule has 1 unspecified atom stereocenters. The fraction of sp³-hybridized carbons (Fsp3) is 0.316. The molecule has 1 aliphatic rings. The van der Waals surface area contributed by atoms with Gasteiger partial charge < -0.3 is 4.90 Å². The molecule has 1 aromatic carbocycles. The maximum absolute atomic E-state index is 12.8. The van der Waals surface area contributed by atoms with Crippen molar-refractivity contribution in [3.63, 3.8) is 0 Å². The molecule has 28 heavy (non-hydrogen) atoms. The second kappa shape index (κ2) is 6.99. The minimum Gasteiger partial charge on any atom is -0.354 e. The molecule has 0 spiro atoms. The van der Waals surface area contributed by atoms with Gasteiger partial charge >= 0.3 is 6.18 Å². The third kappa shape index (κ3) is 3.50. The van der Waals surface area contributed by atoms with Gasteiger partial charge in [-0.3, -0.25) is 4.68 Å². The van der Waals surface area contributed by atoms with Crippen molar-refractivity contribution in [2.24, 2.45) is 0 Å². The molecule has 0 amide bonds. The van der Waals surface area contributed by atoms with E-state index in [1.165, 1.54) is 10.9 Å². The molecular formula is C19H15ClF3N5. The minimum atomic E-state index is -4.46. The standard InChI is InChI=1S/C19H15ClF3N5/c20-13-3-4-16-15(9-13)12(10-24)8-18(25-16)27-6-1-2-14(11-27)28-7-5-17(26-28)19(21,22)23/h3-5,7-9,14H,1-2,6,11H2. The topological polar surface area (TPSA) is 57.7 Å². The van der Waals surface area contributed by atoms with Gasteiger partial charge in [-0.25, -0.2) is 4.98 Å². The summed E-state index contributed by atoms with van der Waals surface area (Å²) in [5, 5.41) is 14.4. The zero-order valence-electron chi connectivity index (χ0n) is 14.6. The smallest absolute Gasteiger partial charge is 0.354 e. The minimum absolute atomic E-state index is 0.196. The molecular weight excluding hydrogens is 391 g/mol. The van der Waals surface area contributed by atoms with Gasteiger partial charge in [0.1, 0.15) is 5.82 Å². The Morgan fingerprint density at radius 1 is 1.21 bits per heavy atom. The fourth-order valence-electron chi connectivity index (χ4n) is 3.51. The van der Waals surface area contributed by atoms with Gasteiger partial charge in [-0.1, -0.05) is 11.6 Å². The van der Waals surface area contributed by atoms with Crippen LogP contribution in [0.1, 0.15) is 30.1 Å². The molecule has 0 bridgehead atoms. The van der Waals surface area contributed by atoms with E-state index in [-0.39, 0.29) is 6.04 Å². The number of aromatic nitrogens is 3. The van der Waals surface area contributed by atoms with E-state index in [1.807, 2.05) is 4.90 Å². The number of rotatable bonds is 2. The number of anilines is 1. The molecule has 0 radical (unpaired) electrons. The number of hydrogen-bond donors (Lipinski definition) is 0. The first-order valence-electron chi connectivity index (χ1n) is 8.73. The van der Waals surface area contributed by atoms with Crippen LogP contribution in [-0.4, -0.2) is 27.9 Å². The Kier molecular flexibility index (Phi) is 4.63. The van der Waals surface area contributed by atoms with Gasteiger partial charge in [-0.15, -0.1) is 0 Å². The molecule has 144 valence electrons. The summed E-state index contributed by atoms with van der Waals surface area (Å²) in [6, 6.07) is 9.84. The zero-order valence-corrected chi connectivity index (χ0v) is 15.4. The number of halogens is 4. The predicted octanol–water partition coefficient (Wildman–Crippen LogP) is 4.82. The second-order valence-corrected chi connectivity index (χ2v) is 7.16. The van der Waals surface area contributed by atoms with Gasteiger partial charge in [0.05, 0.1) is 23.2 Å². The van der Waals surface area contributed by atoms with Crippen molar-refractivity contribution in [1.29, 1.82) is 5.26 Å². The predicted molar refractivity (Wildman–Crippen MR) is 99.2 cm³/mol. The first-order valence-corrected chi connectivity index (χ1v) is 9.10. The van der Waals surface area contributed by atoms with Crippen molar-refractivity contribution >= 4 is 28.3 Å². The van der Waals surface area contributed by atoms with Crippen molar-refractivity contribution in [2.45, 2.75) is 25.1 Å². The number of alkyl halides is 3. The third-order valence-corrected chi connectivity index (χ3v) is 5.11. The Morgan fingerprint density at radius 3 is 2.75 bits per heavy atom. The quantitative estimate of drug-likeness (QED) is 0.613. The summed E-state index contributed by atoms with van der Waals surface area (Å²) in [6.07, 6.45) is -1.58. The van der Waals surface area contributed by atoms with Crippen LogP contribution in [0.2, 0.25) is 5.02 Å². The van der Waals surface area contributed by atoms with E-state index in [9.17, 15) is 18.4 Å². The normalized spacial score (nSPS) is 17.7. The van der Waals surface area contributed by atoms with Crippen molar-refractivity contribution in [2.75, 3.05) is 18.0 Å². The maximum Gasteiger partial charge on any atom is 0.435 e. The molecule has 0 N–H and O–H groups in total. The van der Waals surface area contributed by atoms with Crippen LogP contribution in [-0.2, 0) is 6.18 Å². The Morgan fingerprint density at radius 2 is 2.04 bits per heavy atom. The van der Waals surface area contributed by atoms with E-state index >= 15 is 0 Å². The molecule has 1 fully saturated rings. The Bertz CT molecular complexity index is 1070. The summed E-state index contributed by atoms with van der Waals surface area (Å²) >= 11 is 6.02. The van der Waals surface area contributed by atoms with Gasteiger partial charge in [0.25, 0.3) is 0 Å². The number of hydrogen-bond acceptors (Lipinski definition) is 4. The number of piperidine rings is 1. The van der Waals surface area contributed by atoms with Gasteiger partial charge in [-0.2, -0.15) is 23.5 Å². The Balaban J connectivity index is 1.64. The average Bonchev–Trinajstić information content (AvgIpc) is 3.18. The molecule has 3 heterocycles. The lowest BCUT2D eigenvalue weighted by atomic mass is 10.0. The van der Waals surface area contributed by atoms with Crippen molar-refractivity contribution in [3.8, 4) is 6.07 Å². The van der Waals surface area contributed by atoms with Crippen LogP contribution < -0.4 is 4.90 Å². The van der Waals surface area contributed by atoms with Crippen LogP contribution >= 0.6 is 11.6 Å². The maximum atomic E-state index is 12.8. The molecule has 0 saturated carbocycles. The van der Waals surface area contributed by atoms with Crippen molar-refractivity contribution in [1.82, 2.24) is 14.8 Å². The third-order valence-electron chi connectivity index (χ3n) is 4.87. The van der Waals surface area contributed by atoms with Crippen LogP contribution in [0.3, 0.4) is 0 Å². The Hall–Kier alpha value is -2.79. The van der Waals surface area contributed by atoms with E-state index < -0.39 is 11.9 Å². The summed E-state index contributed by atoms with van der Waals surface area (Å²) in [6.45, 7) is 1.18. The van der Waals surface area contributed by atoms with Crippen LogP contribution in [0, 0.1) is 11.3 Å². The van der Waals surface area contributed by atoms with Crippen LogP contribution in [0.4, 0.5) is 19.0 Å². The number of nitrogens with zero attached hydrogens (tertiary/aromatic N) is 5. The highest BCUT2D eigenvalue weighted by Crippen LogP contribution is 2.31. The SMILES string of the molecule is N#Cc1cc(N2CCCC(n3ccc(C(F)(F)F)n3)C2)nc2ccc(Cl)cc12. The van der Waals surface area contributed by atoms with E-state index in [2.05, 4.69) is 16.2 Å². The van der Waals surface area contributed by atoms with Crippen LogP contribution in [0.15, 0.2) is 36.5 Å². The number of nitriles is 1. The zero-order chi connectivity index (χ0) is 19.9. The van der Waals surface area contributed by atoms with E-state index in [4.69, 9.17) is 11.6 Å². The molecule has 9 heteroatoms. The lowest BCUT2D eigenvalue weighted by molar-refractivity contribution is -0.141. The summed E-state index contributed by atoms with van der Waals surface area (Å²) in [4.78, 5) is 6.61. The molecule has 1 saturated heterocycles. The first-order chi connectivity index (χ1) is 13.3. The molecule has 1 aliphatic heterocycles. The van der Waals surface area contributed by atoms with E-state index in [1.54, 1.807) is 24.3 Å². The summed E-state index contributed by atoms with van der Waals surface area (Å²) in [5.74, 6) is 0.624. The fourth-order valence-corrected chi connectivity index (χ4v) is 3.68. The van der Waals surface area contributed by atoms with Gasteiger partial charge in [0.15, 0.2) is 5.69 Å². The van der Waals surface area contributed by atoms with Crippen molar-refractivity contribution in [3.05, 3.63) is 52.8 Å². The molecule has 5 nitrogen and oxygen atoms in total. The van der Waals surface area contributed by atoms with E-state index in [0.29, 0.717) is 40.4 Å². The highest BCUT2D eigenvalue weighted by molar-refractivity contribution is 6.31. The molecule has 4 rings (SSSR count). The number of pyridine rings is 1. The van der Waals surface area contributed by atoms with E-state index in [0.717, 1.165) is 18.9 Å². The molecule has 3 aromatic rings. The lowest BCUT2D eigenvalue weighted by Crippen LogP contribution is -2.37. The van der Waals surface area contributed by atoms with Crippen LogP contribution in [0.25, 0.3) is 10.9 Å². The molecule has 1 atom stereocenters. The Labute approximate surface area is 163 Å². The number of fused-ring (bicyclic) bond motifs is 1. The van der Waals surface area contributed by atoms with Crippen molar-refractivity contribution < 1.29 is 13.2 Å². The largest absolute Gasteiger partial charge is 0.435 e. The highest BCUT2D eigenvalue weighted by atomic mass is 35.5. The first kappa shape index (κ1) is 18.6. The second-order valence-electron chi connectivity index (χ2n) is 6.72. The molecule has 2 aromatic heterocycles. The van der Waals surface area contributed by atoms with Gasteiger partial charge in [0.2, 0.25) is 0 Å². The summed E-state index contributed by atoms with van der Waals surface area (Å²) < 4.78 is 39.9. The molecule has 0 aliphatic carbocycles. The number of benzene rings is 1. The lowest BCUT2D eigenvalue weighted by Gasteiger charge is -2.34. The van der Waals surface area contributed by atoms with Gasteiger partial charge in [-0.05, 0) is 43.2 Å². The monoisotopic (exact) mass is 405 g/mol. The average molecular weight is 406 g/mol.